The number of aryl methyl sites for hydroxylation is 1. The van der Waals surface area contributed by atoms with Crippen LogP contribution in [0.1, 0.15) is 41.9 Å². The first-order chi connectivity index (χ1) is 12.6. The summed E-state index contributed by atoms with van der Waals surface area (Å²) in [6, 6.07) is 10.4. The Balaban J connectivity index is 2.13. The summed E-state index contributed by atoms with van der Waals surface area (Å²) in [5.41, 5.74) is -0.414. The third-order valence-corrected chi connectivity index (χ3v) is 4.62. The molecule has 0 fully saturated rings. The number of hydrogen-bond acceptors (Lipinski definition) is 5. The molecule has 0 aliphatic carbocycles. The van der Waals surface area contributed by atoms with E-state index in [1.54, 1.807) is 54.9 Å². The highest BCUT2D eigenvalue weighted by Crippen LogP contribution is 2.41. The molecule has 3 rings (SSSR count). The fourth-order valence-corrected chi connectivity index (χ4v) is 3.46. The molecule has 0 saturated carbocycles. The van der Waals surface area contributed by atoms with Gasteiger partial charge in [-0.05, 0) is 26.3 Å². The zero-order valence-corrected chi connectivity index (χ0v) is 14.9. The molecular formula is C20H21NO5. The van der Waals surface area contributed by atoms with Crippen LogP contribution in [0.25, 0.3) is 0 Å². The smallest absolute Gasteiger partial charge is 0.329 e. The van der Waals surface area contributed by atoms with Crippen molar-refractivity contribution < 1.29 is 23.9 Å². The Hall–Kier alpha value is -2.89. The van der Waals surface area contributed by atoms with Gasteiger partial charge in [-0.1, -0.05) is 30.3 Å². The summed E-state index contributed by atoms with van der Waals surface area (Å²) < 4.78 is 12.2. The highest BCUT2D eigenvalue weighted by Gasteiger charge is 2.57. The van der Waals surface area contributed by atoms with Crippen molar-refractivity contribution in [2.24, 2.45) is 0 Å². The summed E-state index contributed by atoms with van der Waals surface area (Å²) in [5.74, 6) is -1.57. The van der Waals surface area contributed by atoms with E-state index in [2.05, 4.69) is 0 Å². The van der Waals surface area contributed by atoms with Crippen LogP contribution in [-0.2, 0) is 31.0 Å². The van der Waals surface area contributed by atoms with E-state index in [-0.39, 0.29) is 25.4 Å². The fraction of sp³-hybridized carbons (Fsp3) is 0.350. The number of nitrogens with zero attached hydrogens (tertiary/aromatic N) is 1. The summed E-state index contributed by atoms with van der Waals surface area (Å²) in [7, 11) is 0. The van der Waals surface area contributed by atoms with Crippen LogP contribution >= 0.6 is 0 Å². The first-order valence-electron chi connectivity index (χ1n) is 8.70. The molecular weight excluding hydrogens is 334 g/mol. The molecule has 0 unspecified atom stereocenters. The van der Waals surface area contributed by atoms with Gasteiger partial charge >= 0.3 is 11.9 Å². The van der Waals surface area contributed by atoms with Crippen molar-refractivity contribution in [2.45, 2.75) is 32.2 Å². The first-order valence-corrected chi connectivity index (χ1v) is 8.70. The number of ether oxygens (including phenoxy) is 2. The van der Waals surface area contributed by atoms with Gasteiger partial charge in [0.1, 0.15) is 0 Å². The van der Waals surface area contributed by atoms with Gasteiger partial charge in [-0.2, -0.15) is 0 Å². The Bertz CT molecular complexity index is 819. The van der Waals surface area contributed by atoms with Gasteiger partial charge in [0.25, 0.3) is 0 Å². The molecule has 1 aromatic carbocycles. The molecule has 136 valence electrons. The van der Waals surface area contributed by atoms with E-state index in [4.69, 9.17) is 9.47 Å². The second-order valence-electron chi connectivity index (χ2n) is 6.06. The van der Waals surface area contributed by atoms with Crippen LogP contribution in [0.3, 0.4) is 0 Å². The summed E-state index contributed by atoms with van der Waals surface area (Å²) >= 11 is 0. The molecule has 1 aliphatic rings. The average molecular weight is 355 g/mol. The monoisotopic (exact) mass is 355 g/mol. The van der Waals surface area contributed by atoms with Crippen molar-refractivity contribution in [1.29, 1.82) is 0 Å². The van der Waals surface area contributed by atoms with E-state index in [9.17, 15) is 14.4 Å². The molecule has 0 saturated heterocycles. The SMILES string of the molecule is CCOC(=O)C1(C(=O)OCC)CCn2ccc(C(=O)c3ccccc3)c21. The standard InChI is InChI=1S/C20H21NO5/c1-3-25-18(23)20(19(24)26-4-2)11-13-21-12-10-15(17(20)21)16(22)14-8-6-5-7-9-14/h5-10,12H,3-4,11,13H2,1-2H3. The number of benzene rings is 1. The number of carbonyl (C=O) groups excluding carboxylic acids is 3. The number of rotatable bonds is 6. The maximum atomic E-state index is 13.0. The van der Waals surface area contributed by atoms with Crippen LogP contribution in [0.2, 0.25) is 0 Å². The van der Waals surface area contributed by atoms with Crippen molar-refractivity contribution in [3.05, 3.63) is 59.4 Å². The highest BCUT2D eigenvalue weighted by atomic mass is 16.6. The number of hydrogen-bond donors (Lipinski definition) is 0. The predicted molar refractivity (Wildman–Crippen MR) is 93.9 cm³/mol. The highest BCUT2D eigenvalue weighted by molar-refractivity contribution is 6.14. The van der Waals surface area contributed by atoms with Crippen LogP contribution in [-0.4, -0.2) is 35.5 Å². The number of carbonyl (C=O) groups is 3. The molecule has 26 heavy (non-hydrogen) atoms. The number of esters is 2. The summed E-state index contributed by atoms with van der Waals surface area (Å²) in [6.45, 7) is 4.09. The molecule has 6 nitrogen and oxygen atoms in total. The van der Waals surface area contributed by atoms with E-state index in [1.807, 2.05) is 6.07 Å². The summed E-state index contributed by atoms with van der Waals surface area (Å²) in [6.07, 6.45) is 1.95. The van der Waals surface area contributed by atoms with Crippen LogP contribution in [0, 0.1) is 0 Å². The van der Waals surface area contributed by atoms with Crippen molar-refractivity contribution >= 4 is 17.7 Å². The lowest BCUT2D eigenvalue weighted by molar-refractivity contribution is -0.164. The molecule has 0 amide bonds. The van der Waals surface area contributed by atoms with Gasteiger partial charge in [0, 0.05) is 23.9 Å². The summed E-state index contributed by atoms with van der Waals surface area (Å²) in [4.78, 5) is 38.6. The average Bonchev–Trinajstić information content (AvgIpc) is 3.23. The second kappa shape index (κ2) is 7.15. The third kappa shape index (κ3) is 2.71. The molecule has 2 heterocycles. The maximum Gasteiger partial charge on any atom is 0.329 e. The second-order valence-corrected chi connectivity index (χ2v) is 6.06. The van der Waals surface area contributed by atoms with E-state index >= 15 is 0 Å². The lowest BCUT2D eigenvalue weighted by Gasteiger charge is -2.25. The zero-order valence-electron chi connectivity index (χ0n) is 14.9. The van der Waals surface area contributed by atoms with E-state index in [1.165, 1.54) is 0 Å². The van der Waals surface area contributed by atoms with E-state index in [0.29, 0.717) is 23.4 Å². The van der Waals surface area contributed by atoms with Gasteiger partial charge in [0.05, 0.1) is 18.9 Å². The topological polar surface area (TPSA) is 74.6 Å². The summed E-state index contributed by atoms with van der Waals surface area (Å²) in [5, 5.41) is 0. The van der Waals surface area contributed by atoms with E-state index < -0.39 is 17.4 Å². The van der Waals surface area contributed by atoms with Gasteiger partial charge in [-0.15, -0.1) is 0 Å². The van der Waals surface area contributed by atoms with Crippen LogP contribution < -0.4 is 0 Å². The molecule has 0 N–H and O–H groups in total. The van der Waals surface area contributed by atoms with E-state index in [0.717, 1.165) is 0 Å². The Labute approximate surface area is 151 Å². The van der Waals surface area contributed by atoms with Crippen LogP contribution in [0.4, 0.5) is 0 Å². The van der Waals surface area contributed by atoms with Crippen molar-refractivity contribution in [3.63, 3.8) is 0 Å². The minimum Gasteiger partial charge on any atom is -0.465 e. The van der Waals surface area contributed by atoms with Gasteiger partial charge in [-0.3, -0.25) is 14.4 Å². The zero-order chi connectivity index (χ0) is 18.7. The van der Waals surface area contributed by atoms with Gasteiger partial charge in [-0.25, -0.2) is 0 Å². The number of aromatic nitrogens is 1. The Morgan fingerprint density at radius 1 is 1.00 bits per heavy atom. The van der Waals surface area contributed by atoms with Crippen molar-refractivity contribution in [3.8, 4) is 0 Å². The minimum atomic E-state index is -1.60. The van der Waals surface area contributed by atoms with Crippen molar-refractivity contribution in [2.75, 3.05) is 13.2 Å². The maximum absolute atomic E-state index is 13.0. The van der Waals surface area contributed by atoms with Gasteiger partial charge in [0.15, 0.2) is 5.78 Å². The minimum absolute atomic E-state index is 0.142. The first kappa shape index (κ1) is 17.9. The lowest BCUT2D eigenvalue weighted by Crippen LogP contribution is -2.45. The molecule has 2 aromatic rings. The normalized spacial score (nSPS) is 14.5. The number of ketones is 1. The Kier molecular flexibility index (Phi) is 4.93. The molecule has 1 aliphatic heterocycles. The lowest BCUT2D eigenvalue weighted by atomic mass is 9.80. The molecule has 0 radical (unpaired) electrons. The molecule has 6 heteroatoms. The number of fused-ring (bicyclic) bond motifs is 1. The molecule has 0 spiro atoms. The van der Waals surface area contributed by atoms with Gasteiger partial charge in [0.2, 0.25) is 5.41 Å². The van der Waals surface area contributed by atoms with Crippen LogP contribution in [0.15, 0.2) is 42.6 Å². The molecule has 0 bridgehead atoms. The fourth-order valence-electron chi connectivity index (χ4n) is 3.46. The molecule has 1 aromatic heterocycles. The quantitative estimate of drug-likeness (QED) is 0.452. The largest absolute Gasteiger partial charge is 0.465 e. The predicted octanol–water partition coefficient (Wildman–Crippen LogP) is 2.49. The Morgan fingerprint density at radius 3 is 2.19 bits per heavy atom. The Morgan fingerprint density at radius 2 is 1.62 bits per heavy atom. The van der Waals surface area contributed by atoms with Crippen molar-refractivity contribution in [1.82, 2.24) is 4.57 Å². The van der Waals surface area contributed by atoms with Crippen LogP contribution in [0.5, 0.6) is 0 Å². The third-order valence-electron chi connectivity index (χ3n) is 4.62. The van der Waals surface area contributed by atoms with Gasteiger partial charge < -0.3 is 14.0 Å². The molecule has 0 atom stereocenters.